The lowest BCUT2D eigenvalue weighted by Gasteiger charge is -2.16. The number of imide groups is 1. The van der Waals surface area contributed by atoms with Gasteiger partial charge in [-0.1, -0.05) is 18.0 Å². The molecular formula is C14H12ClNO4. The molecule has 1 saturated carbocycles. The number of hydrogen-bond donors (Lipinski definition) is 1. The number of carbonyl (C=O) groups excluding carboxylic acids is 2. The molecule has 1 saturated heterocycles. The fraction of sp³-hybridized carbons (Fsp3) is 0.357. The van der Waals surface area contributed by atoms with Crippen molar-refractivity contribution in [2.45, 2.75) is 19.3 Å². The summed E-state index contributed by atoms with van der Waals surface area (Å²) in [6.07, 6.45) is 2.33. The zero-order valence-electron chi connectivity index (χ0n) is 10.5. The Kier molecular flexibility index (Phi) is 3.01. The Morgan fingerprint density at radius 3 is 2.30 bits per heavy atom. The number of halogens is 1. The van der Waals surface area contributed by atoms with Crippen LogP contribution in [0.2, 0.25) is 5.02 Å². The fourth-order valence-electron chi connectivity index (χ4n) is 3.07. The highest BCUT2D eigenvalue weighted by atomic mass is 35.5. The van der Waals surface area contributed by atoms with Crippen LogP contribution in [0.5, 0.6) is 0 Å². The zero-order valence-corrected chi connectivity index (χ0v) is 11.3. The van der Waals surface area contributed by atoms with E-state index in [1.807, 2.05) is 0 Å². The van der Waals surface area contributed by atoms with Gasteiger partial charge in [-0.15, -0.1) is 0 Å². The summed E-state index contributed by atoms with van der Waals surface area (Å²) in [4.78, 5) is 36.7. The van der Waals surface area contributed by atoms with Gasteiger partial charge in [-0.05, 0) is 31.0 Å². The maximum atomic E-state index is 12.3. The van der Waals surface area contributed by atoms with Crippen LogP contribution in [-0.4, -0.2) is 22.9 Å². The standard InChI is InChI=1S/C14H12ClNO4/c15-8-4-7(14(19)20)5-9(6-8)16-12(17)10-2-1-3-11(10)13(16)18/h4-6,10-11H,1-3H2,(H,19,20). The number of fused-ring (bicyclic) bond motifs is 1. The molecule has 20 heavy (non-hydrogen) atoms. The van der Waals surface area contributed by atoms with E-state index >= 15 is 0 Å². The second kappa shape index (κ2) is 4.59. The average molecular weight is 294 g/mol. The summed E-state index contributed by atoms with van der Waals surface area (Å²) in [5.74, 6) is -2.13. The van der Waals surface area contributed by atoms with Gasteiger partial charge in [0.15, 0.2) is 0 Å². The summed E-state index contributed by atoms with van der Waals surface area (Å²) < 4.78 is 0. The van der Waals surface area contributed by atoms with Crippen molar-refractivity contribution in [1.82, 2.24) is 0 Å². The Balaban J connectivity index is 2.03. The van der Waals surface area contributed by atoms with Gasteiger partial charge in [-0.3, -0.25) is 9.59 Å². The van der Waals surface area contributed by atoms with Crippen LogP contribution < -0.4 is 4.90 Å². The average Bonchev–Trinajstić information content (AvgIpc) is 2.94. The number of anilines is 1. The number of carboxylic acids is 1. The molecule has 1 aliphatic heterocycles. The van der Waals surface area contributed by atoms with E-state index in [0.717, 1.165) is 24.2 Å². The summed E-state index contributed by atoms with van der Waals surface area (Å²) in [6.45, 7) is 0. The smallest absolute Gasteiger partial charge is 0.335 e. The largest absolute Gasteiger partial charge is 0.478 e. The number of carboxylic acid groups (broad SMARTS) is 1. The van der Waals surface area contributed by atoms with Crippen molar-refractivity contribution in [2.75, 3.05) is 4.90 Å². The second-order valence-electron chi connectivity index (χ2n) is 5.16. The highest BCUT2D eigenvalue weighted by Gasteiger charge is 2.50. The molecule has 2 aliphatic rings. The molecule has 3 rings (SSSR count). The Morgan fingerprint density at radius 2 is 1.75 bits per heavy atom. The maximum absolute atomic E-state index is 12.3. The van der Waals surface area contributed by atoms with E-state index < -0.39 is 5.97 Å². The van der Waals surface area contributed by atoms with Crippen molar-refractivity contribution in [3.05, 3.63) is 28.8 Å². The molecule has 1 aromatic rings. The first kappa shape index (κ1) is 13.1. The molecule has 2 atom stereocenters. The predicted molar refractivity (Wildman–Crippen MR) is 71.7 cm³/mol. The first-order chi connectivity index (χ1) is 9.49. The van der Waals surface area contributed by atoms with Crippen molar-refractivity contribution in [1.29, 1.82) is 0 Å². The minimum atomic E-state index is -1.15. The third-order valence-electron chi connectivity index (χ3n) is 3.98. The second-order valence-corrected chi connectivity index (χ2v) is 5.60. The number of aromatic carboxylic acids is 1. The van der Waals surface area contributed by atoms with E-state index in [9.17, 15) is 14.4 Å². The van der Waals surface area contributed by atoms with Crippen LogP contribution in [0.3, 0.4) is 0 Å². The number of rotatable bonds is 2. The number of carbonyl (C=O) groups is 3. The summed E-state index contributed by atoms with van der Waals surface area (Å²) in [5, 5.41) is 9.21. The fourth-order valence-corrected chi connectivity index (χ4v) is 3.30. The summed E-state index contributed by atoms with van der Waals surface area (Å²) in [6, 6.07) is 4.05. The van der Waals surface area contributed by atoms with Crippen molar-refractivity contribution in [3.63, 3.8) is 0 Å². The van der Waals surface area contributed by atoms with Crippen LogP contribution in [0.25, 0.3) is 0 Å². The predicted octanol–water partition coefficient (Wildman–Crippen LogP) is 2.33. The summed E-state index contributed by atoms with van der Waals surface area (Å²) in [7, 11) is 0. The van der Waals surface area contributed by atoms with Crippen LogP contribution in [-0.2, 0) is 9.59 Å². The molecule has 0 bridgehead atoms. The maximum Gasteiger partial charge on any atom is 0.335 e. The van der Waals surface area contributed by atoms with Crippen molar-refractivity contribution < 1.29 is 19.5 Å². The lowest BCUT2D eigenvalue weighted by Crippen LogP contribution is -2.31. The van der Waals surface area contributed by atoms with Crippen LogP contribution in [0.1, 0.15) is 29.6 Å². The molecular weight excluding hydrogens is 282 g/mol. The molecule has 0 radical (unpaired) electrons. The Morgan fingerprint density at radius 1 is 1.15 bits per heavy atom. The van der Waals surface area contributed by atoms with E-state index in [1.165, 1.54) is 18.2 Å². The first-order valence-corrected chi connectivity index (χ1v) is 6.78. The van der Waals surface area contributed by atoms with Crippen molar-refractivity contribution in [2.24, 2.45) is 11.8 Å². The Labute approximate surface area is 120 Å². The van der Waals surface area contributed by atoms with E-state index in [-0.39, 0.29) is 39.9 Å². The number of hydrogen-bond acceptors (Lipinski definition) is 3. The molecule has 5 nitrogen and oxygen atoms in total. The highest BCUT2D eigenvalue weighted by molar-refractivity contribution is 6.32. The molecule has 1 N–H and O–H groups in total. The van der Waals surface area contributed by atoms with Gasteiger partial charge in [0, 0.05) is 5.02 Å². The third-order valence-corrected chi connectivity index (χ3v) is 4.20. The van der Waals surface area contributed by atoms with E-state index in [1.54, 1.807) is 0 Å². The molecule has 1 heterocycles. The Hall–Kier alpha value is -1.88. The van der Waals surface area contributed by atoms with Gasteiger partial charge in [0.1, 0.15) is 0 Å². The van der Waals surface area contributed by atoms with E-state index in [0.29, 0.717) is 0 Å². The lowest BCUT2D eigenvalue weighted by atomic mass is 10.00. The SMILES string of the molecule is O=C(O)c1cc(Cl)cc(N2C(=O)C3CCCC3C2=O)c1. The quantitative estimate of drug-likeness (QED) is 0.849. The van der Waals surface area contributed by atoms with Gasteiger partial charge < -0.3 is 5.11 Å². The summed E-state index contributed by atoms with van der Waals surface area (Å²) in [5.41, 5.74) is 0.212. The van der Waals surface area contributed by atoms with Gasteiger partial charge in [0.25, 0.3) is 0 Å². The highest BCUT2D eigenvalue weighted by Crippen LogP contribution is 2.42. The van der Waals surface area contributed by atoms with E-state index in [2.05, 4.69) is 0 Å². The van der Waals surface area contributed by atoms with E-state index in [4.69, 9.17) is 16.7 Å². The van der Waals surface area contributed by atoms with Crippen LogP contribution >= 0.6 is 11.6 Å². The topological polar surface area (TPSA) is 74.7 Å². The molecule has 6 heteroatoms. The van der Waals surface area contributed by atoms with Crippen LogP contribution in [0.4, 0.5) is 5.69 Å². The normalized spacial score (nSPS) is 25.1. The number of amides is 2. The van der Waals surface area contributed by atoms with Crippen LogP contribution in [0, 0.1) is 11.8 Å². The minimum absolute atomic E-state index is 0.0369. The zero-order chi connectivity index (χ0) is 14.4. The molecule has 104 valence electrons. The third kappa shape index (κ3) is 1.89. The Bertz CT molecular complexity index is 606. The monoisotopic (exact) mass is 293 g/mol. The van der Waals surface area contributed by atoms with Gasteiger partial charge >= 0.3 is 5.97 Å². The molecule has 2 unspecified atom stereocenters. The molecule has 2 fully saturated rings. The molecule has 0 spiro atoms. The van der Waals surface area contributed by atoms with Crippen molar-refractivity contribution in [3.8, 4) is 0 Å². The first-order valence-electron chi connectivity index (χ1n) is 6.41. The van der Waals surface area contributed by atoms with Gasteiger partial charge in [-0.2, -0.15) is 0 Å². The molecule has 1 aliphatic carbocycles. The summed E-state index contributed by atoms with van der Waals surface area (Å²) >= 11 is 5.88. The lowest BCUT2D eigenvalue weighted by molar-refractivity contribution is -0.122. The number of nitrogens with zero attached hydrogens (tertiary/aromatic N) is 1. The van der Waals surface area contributed by atoms with Gasteiger partial charge in [-0.25, -0.2) is 9.69 Å². The van der Waals surface area contributed by atoms with Gasteiger partial charge in [0.2, 0.25) is 11.8 Å². The minimum Gasteiger partial charge on any atom is -0.478 e. The molecule has 0 aromatic heterocycles. The molecule has 1 aromatic carbocycles. The van der Waals surface area contributed by atoms with Crippen molar-refractivity contribution >= 4 is 35.1 Å². The van der Waals surface area contributed by atoms with Gasteiger partial charge in [0.05, 0.1) is 23.1 Å². The van der Waals surface area contributed by atoms with Crippen LogP contribution in [0.15, 0.2) is 18.2 Å². The number of benzene rings is 1. The molecule has 2 amide bonds.